The molecule has 1 aliphatic heterocycles. The quantitative estimate of drug-likeness (QED) is 0.540. The molecule has 1 atom stereocenters. The van der Waals surface area contributed by atoms with Gasteiger partial charge in [-0.1, -0.05) is 53.7 Å². The summed E-state index contributed by atoms with van der Waals surface area (Å²) in [5.74, 6) is 0.541. The first kappa shape index (κ1) is 18.8. The van der Waals surface area contributed by atoms with Crippen molar-refractivity contribution >= 4 is 51.0 Å². The van der Waals surface area contributed by atoms with Crippen molar-refractivity contribution in [3.63, 3.8) is 0 Å². The number of ether oxygens (including phenoxy) is 1. The van der Waals surface area contributed by atoms with Crippen molar-refractivity contribution in [2.75, 3.05) is 11.5 Å². The van der Waals surface area contributed by atoms with Crippen molar-refractivity contribution in [1.29, 1.82) is 0 Å². The van der Waals surface area contributed by atoms with E-state index in [4.69, 9.17) is 16.3 Å². The molecule has 2 amide bonds. The van der Waals surface area contributed by atoms with Crippen molar-refractivity contribution in [1.82, 2.24) is 0 Å². The summed E-state index contributed by atoms with van der Waals surface area (Å²) < 4.78 is 5.81. The third kappa shape index (κ3) is 3.48. The van der Waals surface area contributed by atoms with Crippen LogP contribution in [-0.2, 0) is 11.2 Å². The molecule has 0 spiro atoms. The zero-order valence-corrected chi connectivity index (χ0v) is 16.8. The van der Waals surface area contributed by atoms with E-state index in [1.807, 2.05) is 43.3 Å². The molecule has 1 aliphatic rings. The lowest BCUT2D eigenvalue weighted by Crippen LogP contribution is -2.32. The molecule has 0 radical (unpaired) electrons. The first-order chi connectivity index (χ1) is 13.6. The Hall–Kier alpha value is -2.50. The van der Waals surface area contributed by atoms with Crippen LogP contribution in [0.4, 0.5) is 10.5 Å². The predicted octanol–water partition coefficient (Wildman–Crippen LogP) is 5.70. The molecule has 6 heteroatoms. The fourth-order valence-electron chi connectivity index (χ4n) is 3.41. The lowest BCUT2D eigenvalue weighted by atomic mass is 9.99. The zero-order chi connectivity index (χ0) is 19.7. The minimum atomic E-state index is -0.492. The maximum Gasteiger partial charge on any atom is 0.293 e. The SMILES string of the molecule is CCOc1ccc2ccccc2c1C[C@H]1SC(=O)N(c2ccc(Cl)cc2)C1=O. The molecule has 28 heavy (non-hydrogen) atoms. The van der Waals surface area contributed by atoms with E-state index in [2.05, 4.69) is 0 Å². The van der Waals surface area contributed by atoms with E-state index in [-0.39, 0.29) is 11.1 Å². The average Bonchev–Trinajstić information content (AvgIpc) is 2.98. The Labute approximate surface area is 172 Å². The van der Waals surface area contributed by atoms with Gasteiger partial charge in [0, 0.05) is 10.6 Å². The number of imide groups is 1. The Balaban J connectivity index is 1.68. The van der Waals surface area contributed by atoms with Gasteiger partial charge < -0.3 is 4.74 Å². The standard InChI is InChI=1S/C22H18ClNO3S/c1-2-27-19-12-7-14-5-3-4-6-17(14)18(19)13-20-21(25)24(22(26)28-20)16-10-8-15(23)9-11-16/h3-12,20H,2,13H2,1H3/t20-/m1/s1. The highest BCUT2D eigenvalue weighted by Gasteiger charge is 2.41. The van der Waals surface area contributed by atoms with E-state index in [0.717, 1.165) is 33.8 Å². The lowest BCUT2D eigenvalue weighted by Gasteiger charge is -2.16. The van der Waals surface area contributed by atoms with Gasteiger partial charge in [0.15, 0.2) is 0 Å². The van der Waals surface area contributed by atoms with Gasteiger partial charge in [-0.15, -0.1) is 0 Å². The number of hydrogen-bond donors (Lipinski definition) is 0. The van der Waals surface area contributed by atoms with Crippen LogP contribution in [0.15, 0.2) is 60.7 Å². The van der Waals surface area contributed by atoms with E-state index in [9.17, 15) is 9.59 Å². The molecule has 0 N–H and O–H groups in total. The van der Waals surface area contributed by atoms with Gasteiger partial charge in [-0.25, -0.2) is 4.90 Å². The highest BCUT2D eigenvalue weighted by Crippen LogP contribution is 2.37. The maximum atomic E-state index is 13.0. The molecule has 3 aromatic carbocycles. The Bertz CT molecular complexity index is 1050. The van der Waals surface area contributed by atoms with Crippen LogP contribution in [0.25, 0.3) is 10.8 Å². The van der Waals surface area contributed by atoms with Crippen LogP contribution in [0.2, 0.25) is 5.02 Å². The van der Waals surface area contributed by atoms with Gasteiger partial charge in [-0.3, -0.25) is 9.59 Å². The average molecular weight is 412 g/mol. The number of thioether (sulfide) groups is 1. The molecule has 4 rings (SSSR count). The van der Waals surface area contributed by atoms with Crippen molar-refractivity contribution < 1.29 is 14.3 Å². The zero-order valence-electron chi connectivity index (χ0n) is 15.2. The highest BCUT2D eigenvalue weighted by molar-refractivity contribution is 8.15. The smallest absolute Gasteiger partial charge is 0.293 e. The molecule has 3 aromatic rings. The third-order valence-electron chi connectivity index (χ3n) is 4.69. The van der Waals surface area contributed by atoms with E-state index in [1.165, 1.54) is 4.90 Å². The molecule has 0 aromatic heterocycles. The molecule has 0 saturated carbocycles. The number of nitrogens with zero attached hydrogens (tertiary/aromatic N) is 1. The second kappa shape index (κ2) is 7.86. The summed E-state index contributed by atoms with van der Waals surface area (Å²) >= 11 is 6.98. The van der Waals surface area contributed by atoms with E-state index in [0.29, 0.717) is 23.7 Å². The van der Waals surface area contributed by atoms with Crippen LogP contribution < -0.4 is 9.64 Å². The number of carbonyl (C=O) groups is 2. The van der Waals surface area contributed by atoms with Crippen molar-refractivity contribution in [3.8, 4) is 5.75 Å². The number of amides is 2. The third-order valence-corrected chi connectivity index (χ3v) is 5.98. The second-order valence-electron chi connectivity index (χ2n) is 6.42. The molecule has 0 unspecified atom stereocenters. The molecule has 0 aliphatic carbocycles. The number of halogens is 1. The van der Waals surface area contributed by atoms with Gasteiger partial charge in [0.2, 0.25) is 5.91 Å². The summed E-state index contributed by atoms with van der Waals surface area (Å²) in [6.07, 6.45) is 0.427. The summed E-state index contributed by atoms with van der Waals surface area (Å²) in [5, 5.41) is 1.92. The summed E-state index contributed by atoms with van der Waals surface area (Å²) in [4.78, 5) is 26.8. The van der Waals surface area contributed by atoms with Crippen LogP contribution in [0.5, 0.6) is 5.75 Å². The fourth-order valence-corrected chi connectivity index (χ4v) is 4.54. The molecule has 4 nitrogen and oxygen atoms in total. The number of fused-ring (bicyclic) bond motifs is 1. The maximum absolute atomic E-state index is 13.0. The minimum Gasteiger partial charge on any atom is -0.494 e. The van der Waals surface area contributed by atoms with E-state index < -0.39 is 5.25 Å². The normalized spacial score (nSPS) is 16.8. The van der Waals surface area contributed by atoms with Crippen LogP contribution in [0.3, 0.4) is 0 Å². The molecule has 1 fully saturated rings. The van der Waals surface area contributed by atoms with E-state index >= 15 is 0 Å². The van der Waals surface area contributed by atoms with Gasteiger partial charge in [0.1, 0.15) is 5.75 Å². The molecular formula is C22H18ClNO3S. The fraction of sp³-hybridized carbons (Fsp3) is 0.182. The van der Waals surface area contributed by atoms with Gasteiger partial charge >= 0.3 is 0 Å². The van der Waals surface area contributed by atoms with E-state index in [1.54, 1.807) is 24.3 Å². The Morgan fingerprint density at radius 3 is 2.54 bits per heavy atom. The van der Waals surface area contributed by atoms with Crippen molar-refractivity contribution in [3.05, 3.63) is 71.2 Å². The van der Waals surface area contributed by atoms with Gasteiger partial charge in [0.05, 0.1) is 17.5 Å². The number of carbonyl (C=O) groups excluding carboxylic acids is 2. The lowest BCUT2D eigenvalue weighted by molar-refractivity contribution is -0.117. The predicted molar refractivity (Wildman–Crippen MR) is 115 cm³/mol. The summed E-state index contributed by atoms with van der Waals surface area (Å²) in [6, 6.07) is 18.7. The van der Waals surface area contributed by atoms with Crippen LogP contribution in [0.1, 0.15) is 12.5 Å². The first-order valence-electron chi connectivity index (χ1n) is 9.02. The summed E-state index contributed by atoms with van der Waals surface area (Å²) in [7, 11) is 0. The summed E-state index contributed by atoms with van der Waals surface area (Å²) in [6.45, 7) is 2.47. The summed E-state index contributed by atoms with van der Waals surface area (Å²) in [5.41, 5.74) is 1.49. The number of rotatable bonds is 5. The molecular weight excluding hydrogens is 394 g/mol. The van der Waals surface area contributed by atoms with Crippen LogP contribution in [-0.4, -0.2) is 23.0 Å². The molecule has 1 heterocycles. The molecule has 142 valence electrons. The van der Waals surface area contributed by atoms with Gasteiger partial charge in [0.25, 0.3) is 5.24 Å². The minimum absolute atomic E-state index is 0.215. The number of hydrogen-bond acceptors (Lipinski definition) is 4. The second-order valence-corrected chi connectivity index (χ2v) is 8.01. The molecule has 1 saturated heterocycles. The van der Waals surface area contributed by atoms with Crippen LogP contribution >= 0.6 is 23.4 Å². The van der Waals surface area contributed by atoms with Gasteiger partial charge in [-0.2, -0.15) is 0 Å². The van der Waals surface area contributed by atoms with Crippen molar-refractivity contribution in [2.24, 2.45) is 0 Å². The topological polar surface area (TPSA) is 46.6 Å². The van der Waals surface area contributed by atoms with Crippen molar-refractivity contribution in [2.45, 2.75) is 18.6 Å². The Kier molecular flexibility index (Phi) is 5.29. The number of benzene rings is 3. The largest absolute Gasteiger partial charge is 0.494 e. The highest BCUT2D eigenvalue weighted by atomic mass is 35.5. The Morgan fingerprint density at radius 2 is 1.79 bits per heavy atom. The van der Waals surface area contributed by atoms with Gasteiger partial charge in [-0.05, 0) is 54.4 Å². The molecule has 0 bridgehead atoms. The van der Waals surface area contributed by atoms with Crippen LogP contribution in [0, 0.1) is 0 Å². The monoisotopic (exact) mass is 411 g/mol. The Morgan fingerprint density at radius 1 is 1.04 bits per heavy atom. The first-order valence-corrected chi connectivity index (χ1v) is 10.3. The number of anilines is 1.